The van der Waals surface area contributed by atoms with Crippen LogP contribution in [-0.4, -0.2) is 23.9 Å². The SMILES string of the molecule is COc1ccc(-c2nc(C)n(N)c2N)cc1OC. The quantitative estimate of drug-likeness (QED) is 0.796. The topological polar surface area (TPSA) is 88.3 Å². The molecular formula is C12H16N4O2. The highest BCUT2D eigenvalue weighted by atomic mass is 16.5. The lowest BCUT2D eigenvalue weighted by molar-refractivity contribution is 0.355. The zero-order valence-corrected chi connectivity index (χ0v) is 10.6. The minimum absolute atomic E-state index is 0.416. The Hall–Kier alpha value is -2.37. The van der Waals surface area contributed by atoms with Crippen LogP contribution in [0.3, 0.4) is 0 Å². The summed E-state index contributed by atoms with van der Waals surface area (Å²) in [6, 6.07) is 5.48. The lowest BCUT2D eigenvalue weighted by atomic mass is 10.1. The van der Waals surface area contributed by atoms with Crippen LogP contribution >= 0.6 is 0 Å². The van der Waals surface area contributed by atoms with Gasteiger partial charge in [0.25, 0.3) is 0 Å². The second-order valence-electron chi connectivity index (χ2n) is 3.83. The molecule has 0 saturated heterocycles. The lowest BCUT2D eigenvalue weighted by Gasteiger charge is -2.08. The predicted molar refractivity (Wildman–Crippen MR) is 70.1 cm³/mol. The predicted octanol–water partition coefficient (Wildman–Crippen LogP) is 1.17. The highest BCUT2D eigenvalue weighted by molar-refractivity contribution is 5.73. The first-order valence-corrected chi connectivity index (χ1v) is 5.40. The van der Waals surface area contributed by atoms with Crippen molar-refractivity contribution in [3.8, 4) is 22.8 Å². The summed E-state index contributed by atoms with van der Waals surface area (Å²) >= 11 is 0. The third-order valence-corrected chi connectivity index (χ3v) is 2.78. The molecule has 6 nitrogen and oxygen atoms in total. The maximum atomic E-state index is 5.90. The minimum Gasteiger partial charge on any atom is -0.493 e. The van der Waals surface area contributed by atoms with Gasteiger partial charge in [0, 0.05) is 5.56 Å². The van der Waals surface area contributed by atoms with Gasteiger partial charge < -0.3 is 21.1 Å². The summed E-state index contributed by atoms with van der Waals surface area (Å²) < 4.78 is 11.8. The van der Waals surface area contributed by atoms with Crippen LogP contribution in [-0.2, 0) is 0 Å². The van der Waals surface area contributed by atoms with Gasteiger partial charge in [-0.05, 0) is 25.1 Å². The molecule has 96 valence electrons. The third-order valence-electron chi connectivity index (χ3n) is 2.78. The second kappa shape index (κ2) is 4.48. The van der Waals surface area contributed by atoms with E-state index in [4.69, 9.17) is 21.1 Å². The second-order valence-corrected chi connectivity index (χ2v) is 3.83. The fourth-order valence-electron chi connectivity index (χ4n) is 1.76. The Morgan fingerprint density at radius 3 is 2.33 bits per heavy atom. The molecule has 0 saturated carbocycles. The van der Waals surface area contributed by atoms with Crippen LogP contribution in [0.15, 0.2) is 18.2 Å². The zero-order valence-electron chi connectivity index (χ0n) is 10.6. The molecule has 4 N–H and O–H groups in total. The van der Waals surface area contributed by atoms with Gasteiger partial charge in [-0.25, -0.2) is 9.66 Å². The molecule has 0 amide bonds. The van der Waals surface area contributed by atoms with Gasteiger partial charge in [0.15, 0.2) is 17.3 Å². The van der Waals surface area contributed by atoms with Crippen molar-refractivity contribution in [1.82, 2.24) is 9.66 Å². The van der Waals surface area contributed by atoms with E-state index in [1.807, 2.05) is 12.1 Å². The first-order valence-electron chi connectivity index (χ1n) is 5.40. The van der Waals surface area contributed by atoms with E-state index in [-0.39, 0.29) is 0 Å². The molecule has 0 bridgehead atoms. The van der Waals surface area contributed by atoms with Crippen LogP contribution in [0.4, 0.5) is 5.82 Å². The zero-order chi connectivity index (χ0) is 13.3. The highest BCUT2D eigenvalue weighted by Crippen LogP contribution is 2.33. The Labute approximate surface area is 105 Å². The van der Waals surface area contributed by atoms with Crippen molar-refractivity contribution >= 4 is 5.82 Å². The average molecular weight is 248 g/mol. The smallest absolute Gasteiger partial charge is 0.161 e. The summed E-state index contributed by atoms with van der Waals surface area (Å²) in [6.45, 7) is 1.79. The van der Waals surface area contributed by atoms with Crippen molar-refractivity contribution in [3.05, 3.63) is 24.0 Å². The third kappa shape index (κ3) is 1.81. The van der Waals surface area contributed by atoms with E-state index < -0.39 is 0 Å². The Balaban J connectivity index is 2.54. The number of nitrogen functional groups attached to an aromatic ring is 2. The number of aryl methyl sites for hydroxylation is 1. The van der Waals surface area contributed by atoms with Gasteiger partial charge >= 0.3 is 0 Å². The molecule has 0 unspecified atom stereocenters. The number of nitrogens with two attached hydrogens (primary N) is 2. The van der Waals surface area contributed by atoms with Gasteiger partial charge in [0.1, 0.15) is 11.5 Å². The Morgan fingerprint density at radius 1 is 1.17 bits per heavy atom. The largest absolute Gasteiger partial charge is 0.493 e. The van der Waals surface area contributed by atoms with Gasteiger partial charge in [-0.3, -0.25) is 0 Å². The van der Waals surface area contributed by atoms with Crippen LogP contribution in [0.1, 0.15) is 5.82 Å². The Morgan fingerprint density at radius 2 is 1.83 bits per heavy atom. The summed E-state index contributed by atoms with van der Waals surface area (Å²) in [6.07, 6.45) is 0. The highest BCUT2D eigenvalue weighted by Gasteiger charge is 2.14. The van der Waals surface area contributed by atoms with Crippen molar-refractivity contribution in [2.75, 3.05) is 25.8 Å². The van der Waals surface area contributed by atoms with Crippen molar-refractivity contribution in [2.24, 2.45) is 0 Å². The van der Waals surface area contributed by atoms with E-state index in [2.05, 4.69) is 4.98 Å². The fourth-order valence-corrected chi connectivity index (χ4v) is 1.76. The number of hydrogen-bond acceptors (Lipinski definition) is 5. The fraction of sp³-hybridized carbons (Fsp3) is 0.250. The number of aromatic nitrogens is 2. The maximum absolute atomic E-state index is 5.90. The number of benzene rings is 1. The molecule has 0 fully saturated rings. The summed E-state index contributed by atoms with van der Waals surface area (Å²) in [5.74, 6) is 8.09. The van der Waals surface area contributed by atoms with Crippen molar-refractivity contribution in [3.63, 3.8) is 0 Å². The molecule has 2 rings (SSSR count). The standard InChI is InChI=1S/C12H16N4O2/c1-7-15-11(12(13)16(7)14)8-4-5-9(17-2)10(6-8)18-3/h4-6H,13-14H2,1-3H3. The lowest BCUT2D eigenvalue weighted by Crippen LogP contribution is -2.13. The van der Waals surface area contributed by atoms with E-state index in [0.717, 1.165) is 5.56 Å². The van der Waals surface area contributed by atoms with Crippen LogP contribution in [0.25, 0.3) is 11.3 Å². The monoisotopic (exact) mass is 248 g/mol. The summed E-state index contributed by atoms with van der Waals surface area (Å²) in [5.41, 5.74) is 7.37. The van der Waals surface area contributed by atoms with Gasteiger partial charge in [0.2, 0.25) is 0 Å². The number of rotatable bonds is 3. The first-order chi connectivity index (χ1) is 8.58. The molecule has 1 aromatic carbocycles. The molecule has 1 heterocycles. The molecule has 6 heteroatoms. The van der Waals surface area contributed by atoms with Crippen LogP contribution in [0, 0.1) is 6.92 Å². The van der Waals surface area contributed by atoms with Crippen molar-refractivity contribution < 1.29 is 9.47 Å². The molecule has 0 spiro atoms. The summed E-state index contributed by atoms with van der Waals surface area (Å²) in [7, 11) is 3.17. The molecule has 0 aliphatic heterocycles. The maximum Gasteiger partial charge on any atom is 0.161 e. The van der Waals surface area contributed by atoms with E-state index in [9.17, 15) is 0 Å². The van der Waals surface area contributed by atoms with Gasteiger partial charge in [0.05, 0.1) is 14.2 Å². The number of nitrogens with zero attached hydrogens (tertiary/aromatic N) is 2. The number of hydrogen-bond donors (Lipinski definition) is 2. The van der Waals surface area contributed by atoms with Crippen LogP contribution in [0.2, 0.25) is 0 Å². The molecule has 0 atom stereocenters. The van der Waals surface area contributed by atoms with Crippen LogP contribution < -0.4 is 21.1 Å². The number of ether oxygens (including phenoxy) is 2. The van der Waals surface area contributed by atoms with Gasteiger partial charge in [-0.1, -0.05) is 0 Å². The molecule has 18 heavy (non-hydrogen) atoms. The van der Waals surface area contributed by atoms with E-state index in [1.54, 1.807) is 27.2 Å². The minimum atomic E-state index is 0.416. The normalized spacial score (nSPS) is 10.4. The van der Waals surface area contributed by atoms with E-state index >= 15 is 0 Å². The van der Waals surface area contributed by atoms with E-state index in [1.165, 1.54) is 4.68 Å². The van der Waals surface area contributed by atoms with E-state index in [0.29, 0.717) is 28.8 Å². The number of methoxy groups -OCH3 is 2. The first kappa shape index (κ1) is 12.1. The average Bonchev–Trinajstić information content (AvgIpc) is 2.65. The van der Waals surface area contributed by atoms with Gasteiger partial charge in [-0.15, -0.1) is 0 Å². The number of anilines is 1. The summed E-state index contributed by atoms with van der Waals surface area (Å²) in [5, 5.41) is 0. The number of imidazole rings is 1. The van der Waals surface area contributed by atoms with Crippen molar-refractivity contribution in [2.45, 2.75) is 6.92 Å². The molecule has 2 aromatic rings. The molecule has 1 aromatic heterocycles. The Bertz CT molecular complexity index is 578. The van der Waals surface area contributed by atoms with Gasteiger partial charge in [-0.2, -0.15) is 0 Å². The molecule has 0 aliphatic rings. The summed E-state index contributed by atoms with van der Waals surface area (Å²) in [4.78, 5) is 4.33. The molecule has 0 radical (unpaired) electrons. The molecular weight excluding hydrogens is 232 g/mol. The molecule has 0 aliphatic carbocycles. The van der Waals surface area contributed by atoms with Crippen molar-refractivity contribution in [1.29, 1.82) is 0 Å². The Kier molecular flexibility index (Phi) is 3.01. The van der Waals surface area contributed by atoms with Crippen LogP contribution in [0.5, 0.6) is 11.5 Å².